The van der Waals surface area contributed by atoms with Crippen molar-refractivity contribution >= 4 is 40.4 Å². The molecule has 1 aromatic heterocycles. The predicted molar refractivity (Wildman–Crippen MR) is 70.0 cm³/mol. The maximum Gasteiger partial charge on any atom is 0.275 e. The van der Waals surface area contributed by atoms with E-state index in [1.165, 1.54) is 29.5 Å². The lowest BCUT2D eigenvalue weighted by Gasteiger charge is -2.07. The molecule has 3 N–H and O–H groups in total. The maximum absolute atomic E-state index is 11.8. The zero-order valence-corrected chi connectivity index (χ0v) is 10.6. The van der Waals surface area contributed by atoms with E-state index in [4.69, 9.17) is 17.3 Å². The molecule has 0 spiro atoms. The van der Waals surface area contributed by atoms with E-state index in [-0.39, 0.29) is 11.5 Å². The molecule has 2 amide bonds. The smallest absolute Gasteiger partial charge is 0.275 e. The summed E-state index contributed by atoms with van der Waals surface area (Å²) in [6.07, 6.45) is 0. The van der Waals surface area contributed by atoms with Crippen LogP contribution >= 0.6 is 22.9 Å². The van der Waals surface area contributed by atoms with E-state index in [0.29, 0.717) is 16.4 Å². The van der Waals surface area contributed by atoms with Crippen molar-refractivity contribution in [1.29, 1.82) is 0 Å². The first-order valence-corrected chi connectivity index (χ1v) is 6.19. The molecule has 2 rings (SSSR count). The molecule has 0 saturated carbocycles. The van der Waals surface area contributed by atoms with Crippen LogP contribution in [0.3, 0.4) is 0 Å². The van der Waals surface area contributed by atoms with Crippen molar-refractivity contribution < 1.29 is 9.59 Å². The van der Waals surface area contributed by atoms with Crippen molar-refractivity contribution in [2.75, 3.05) is 5.32 Å². The van der Waals surface area contributed by atoms with Crippen LogP contribution in [-0.2, 0) is 0 Å². The van der Waals surface area contributed by atoms with E-state index in [1.54, 1.807) is 10.9 Å². The van der Waals surface area contributed by atoms with Gasteiger partial charge in [-0.3, -0.25) is 9.59 Å². The number of carbonyl (C=O) groups is 2. The van der Waals surface area contributed by atoms with Crippen molar-refractivity contribution in [1.82, 2.24) is 4.98 Å². The summed E-state index contributed by atoms with van der Waals surface area (Å²) in [6.45, 7) is 0. The number of benzene rings is 1. The van der Waals surface area contributed by atoms with E-state index in [9.17, 15) is 9.59 Å². The first-order valence-electron chi connectivity index (χ1n) is 4.87. The average molecular weight is 282 g/mol. The molecule has 0 radical (unpaired) electrons. The fourth-order valence-electron chi connectivity index (χ4n) is 1.29. The standard InChI is InChI=1S/C11H8ClN3O2S/c12-7-2-1-6(10(13)16)3-8(7)15-11(17)9-4-18-5-14-9/h1-5H,(H2,13,16)(H,15,17). The van der Waals surface area contributed by atoms with Crippen molar-refractivity contribution in [3.63, 3.8) is 0 Å². The van der Waals surface area contributed by atoms with Gasteiger partial charge >= 0.3 is 0 Å². The van der Waals surface area contributed by atoms with Crippen LogP contribution in [0.4, 0.5) is 5.69 Å². The minimum absolute atomic E-state index is 0.271. The number of thiazole rings is 1. The Hall–Kier alpha value is -1.92. The van der Waals surface area contributed by atoms with Crippen molar-refractivity contribution in [2.24, 2.45) is 5.73 Å². The Labute approximate surface area is 112 Å². The van der Waals surface area contributed by atoms with Crippen molar-refractivity contribution in [2.45, 2.75) is 0 Å². The van der Waals surface area contributed by atoms with E-state index in [2.05, 4.69) is 10.3 Å². The molecule has 0 fully saturated rings. The van der Waals surface area contributed by atoms with Gasteiger partial charge in [-0.25, -0.2) is 4.98 Å². The summed E-state index contributed by atoms with van der Waals surface area (Å²) in [5.41, 5.74) is 7.59. The summed E-state index contributed by atoms with van der Waals surface area (Å²) in [5, 5.41) is 4.51. The third-order valence-electron chi connectivity index (χ3n) is 2.16. The lowest BCUT2D eigenvalue weighted by Crippen LogP contribution is -2.15. The molecule has 7 heteroatoms. The molecule has 0 aliphatic carbocycles. The Morgan fingerprint density at radius 1 is 1.39 bits per heavy atom. The largest absolute Gasteiger partial charge is 0.366 e. The van der Waals surface area contributed by atoms with Crippen molar-refractivity contribution in [3.8, 4) is 0 Å². The average Bonchev–Trinajstić information content (AvgIpc) is 2.85. The number of nitrogens with zero attached hydrogens (tertiary/aromatic N) is 1. The normalized spacial score (nSPS) is 10.1. The summed E-state index contributed by atoms with van der Waals surface area (Å²) in [5.74, 6) is -0.976. The van der Waals surface area contributed by atoms with E-state index >= 15 is 0 Å². The molecule has 0 aliphatic heterocycles. The van der Waals surface area contributed by atoms with Gasteiger partial charge < -0.3 is 11.1 Å². The van der Waals surface area contributed by atoms with Crippen molar-refractivity contribution in [3.05, 3.63) is 45.4 Å². The number of anilines is 1. The van der Waals surface area contributed by atoms with Gasteiger partial charge in [-0.15, -0.1) is 11.3 Å². The van der Waals surface area contributed by atoms with Crippen LogP contribution in [0.5, 0.6) is 0 Å². The molecule has 18 heavy (non-hydrogen) atoms. The maximum atomic E-state index is 11.8. The first kappa shape index (κ1) is 12.5. The van der Waals surface area contributed by atoms with Crippen LogP contribution in [0.2, 0.25) is 5.02 Å². The molecule has 0 atom stereocenters. The third kappa shape index (κ3) is 2.66. The van der Waals surface area contributed by atoms with Crippen LogP contribution < -0.4 is 11.1 Å². The van der Waals surface area contributed by atoms with Gasteiger partial charge in [-0.1, -0.05) is 11.6 Å². The summed E-state index contributed by atoms with van der Waals surface area (Å²) >= 11 is 7.23. The zero-order valence-electron chi connectivity index (χ0n) is 9.01. The second-order valence-electron chi connectivity index (χ2n) is 3.39. The van der Waals surface area contributed by atoms with Crippen LogP contribution in [0.15, 0.2) is 29.1 Å². The number of amides is 2. The van der Waals surface area contributed by atoms with E-state index < -0.39 is 5.91 Å². The lowest BCUT2D eigenvalue weighted by molar-refractivity contribution is 0.0995. The van der Waals surface area contributed by atoms with Gasteiger partial charge in [0.15, 0.2) is 0 Å². The second kappa shape index (κ2) is 5.16. The fraction of sp³-hybridized carbons (Fsp3) is 0. The van der Waals surface area contributed by atoms with Gasteiger partial charge in [0.2, 0.25) is 5.91 Å². The van der Waals surface area contributed by atoms with Gasteiger partial charge in [-0.2, -0.15) is 0 Å². The molecule has 1 heterocycles. The highest BCUT2D eigenvalue weighted by Crippen LogP contribution is 2.23. The van der Waals surface area contributed by atoms with Crippen LogP contribution in [0, 0.1) is 0 Å². The fourth-order valence-corrected chi connectivity index (χ4v) is 1.98. The lowest BCUT2D eigenvalue weighted by atomic mass is 10.2. The zero-order chi connectivity index (χ0) is 13.1. The molecule has 92 valence electrons. The molecular formula is C11H8ClN3O2S. The number of nitrogens with one attached hydrogen (secondary N) is 1. The molecular weight excluding hydrogens is 274 g/mol. The number of hydrogen-bond donors (Lipinski definition) is 2. The summed E-state index contributed by atoms with van der Waals surface area (Å²) < 4.78 is 0. The monoisotopic (exact) mass is 281 g/mol. The minimum atomic E-state index is -0.587. The SMILES string of the molecule is NC(=O)c1ccc(Cl)c(NC(=O)c2cscn2)c1. The minimum Gasteiger partial charge on any atom is -0.366 e. The van der Waals surface area contributed by atoms with Gasteiger partial charge in [0.05, 0.1) is 16.2 Å². The number of nitrogens with two attached hydrogens (primary N) is 1. The Morgan fingerprint density at radius 3 is 2.78 bits per heavy atom. The molecule has 0 aliphatic rings. The van der Waals surface area contributed by atoms with Gasteiger partial charge in [-0.05, 0) is 18.2 Å². The Bertz CT molecular complexity index is 598. The number of primary amides is 1. The Balaban J connectivity index is 2.26. The van der Waals surface area contributed by atoms with Gasteiger partial charge in [0.25, 0.3) is 5.91 Å². The molecule has 0 unspecified atom stereocenters. The van der Waals surface area contributed by atoms with Crippen LogP contribution in [0.1, 0.15) is 20.8 Å². The van der Waals surface area contributed by atoms with Crippen LogP contribution in [0.25, 0.3) is 0 Å². The number of halogens is 1. The molecule has 2 aromatic rings. The third-order valence-corrected chi connectivity index (χ3v) is 3.08. The highest BCUT2D eigenvalue weighted by atomic mass is 35.5. The quantitative estimate of drug-likeness (QED) is 0.904. The van der Waals surface area contributed by atoms with Gasteiger partial charge in [0.1, 0.15) is 5.69 Å². The second-order valence-corrected chi connectivity index (χ2v) is 4.51. The van der Waals surface area contributed by atoms with E-state index in [1.807, 2.05) is 0 Å². The summed E-state index contributed by atoms with van der Waals surface area (Å²) in [7, 11) is 0. The summed E-state index contributed by atoms with van der Waals surface area (Å²) in [4.78, 5) is 26.7. The number of hydrogen-bond acceptors (Lipinski definition) is 4. The summed E-state index contributed by atoms with van der Waals surface area (Å²) in [6, 6.07) is 4.41. The number of rotatable bonds is 3. The molecule has 1 aromatic carbocycles. The topological polar surface area (TPSA) is 85.1 Å². The molecule has 5 nitrogen and oxygen atoms in total. The van der Waals surface area contributed by atoms with E-state index in [0.717, 1.165) is 0 Å². The first-order chi connectivity index (χ1) is 8.58. The highest BCUT2D eigenvalue weighted by Gasteiger charge is 2.11. The predicted octanol–water partition coefficient (Wildman–Crippen LogP) is 2.15. The number of aromatic nitrogens is 1. The highest BCUT2D eigenvalue weighted by molar-refractivity contribution is 7.07. The number of carbonyl (C=O) groups excluding carboxylic acids is 2. The molecule has 0 saturated heterocycles. The van der Waals surface area contributed by atoms with Gasteiger partial charge in [0, 0.05) is 10.9 Å². The molecule has 0 bridgehead atoms. The van der Waals surface area contributed by atoms with Crippen LogP contribution in [-0.4, -0.2) is 16.8 Å². The Morgan fingerprint density at radius 2 is 2.17 bits per heavy atom. The Kier molecular flexibility index (Phi) is 3.59.